The summed E-state index contributed by atoms with van der Waals surface area (Å²) in [7, 11) is -3.85. The molecule has 0 aliphatic heterocycles. The molecule has 2 aromatic carbocycles. The number of unbranched alkanes of at least 4 members (excludes halogenated alkanes) is 1. The molecule has 31 heavy (non-hydrogen) atoms. The van der Waals surface area contributed by atoms with Crippen LogP contribution in [0.15, 0.2) is 52.5 Å². The number of halogens is 2. The van der Waals surface area contributed by atoms with Crippen LogP contribution in [0.25, 0.3) is 22.1 Å². The zero-order valence-electron chi connectivity index (χ0n) is 16.7. The quantitative estimate of drug-likeness (QED) is 0.386. The molecule has 0 amide bonds. The zero-order chi connectivity index (χ0) is 22.2. The molecule has 0 fully saturated rings. The minimum absolute atomic E-state index is 0.0150. The number of imidazole rings is 2. The van der Waals surface area contributed by atoms with E-state index in [-0.39, 0.29) is 10.1 Å². The van der Waals surface area contributed by atoms with Gasteiger partial charge >= 0.3 is 6.55 Å². The highest BCUT2D eigenvalue weighted by Crippen LogP contribution is 2.32. The highest BCUT2D eigenvalue weighted by atomic mass is 32.2. The number of nitrogens with two attached hydrogens (primary N) is 1. The summed E-state index contributed by atoms with van der Waals surface area (Å²) in [5, 5.41) is 5.45. The number of sulfonamides is 1. The SMILES string of the molecule is CCCCn1c(CSc2nc3ccccc3n2C(F)F)nc2cc(S(N)(=O)=O)ccc21. The van der Waals surface area contributed by atoms with Crippen molar-refractivity contribution < 1.29 is 17.2 Å². The molecule has 4 rings (SSSR count). The van der Waals surface area contributed by atoms with Gasteiger partial charge in [0.2, 0.25) is 10.0 Å². The van der Waals surface area contributed by atoms with E-state index >= 15 is 0 Å². The summed E-state index contributed by atoms with van der Waals surface area (Å²) in [6, 6.07) is 11.3. The summed E-state index contributed by atoms with van der Waals surface area (Å²) in [5.74, 6) is 0.965. The average molecular weight is 466 g/mol. The molecule has 11 heteroatoms. The first-order valence-corrected chi connectivity index (χ1v) is 12.2. The van der Waals surface area contributed by atoms with E-state index in [9.17, 15) is 17.2 Å². The molecule has 0 radical (unpaired) electrons. The number of thioether (sulfide) groups is 1. The van der Waals surface area contributed by atoms with E-state index < -0.39 is 16.6 Å². The highest BCUT2D eigenvalue weighted by Gasteiger charge is 2.20. The van der Waals surface area contributed by atoms with Gasteiger partial charge in [-0.05, 0) is 36.8 Å². The third-order valence-electron chi connectivity index (χ3n) is 4.95. The van der Waals surface area contributed by atoms with Gasteiger partial charge in [0.05, 0.1) is 32.7 Å². The van der Waals surface area contributed by atoms with Gasteiger partial charge in [0.25, 0.3) is 0 Å². The molecule has 0 aliphatic rings. The molecule has 2 N–H and O–H groups in total. The summed E-state index contributed by atoms with van der Waals surface area (Å²) in [5.41, 5.74) is 2.15. The fourth-order valence-electron chi connectivity index (χ4n) is 3.45. The third-order valence-corrected chi connectivity index (χ3v) is 6.81. The van der Waals surface area contributed by atoms with Crippen molar-refractivity contribution in [1.29, 1.82) is 0 Å². The van der Waals surface area contributed by atoms with Gasteiger partial charge in [-0.1, -0.05) is 37.2 Å². The molecule has 4 aromatic rings. The molecule has 7 nitrogen and oxygen atoms in total. The lowest BCUT2D eigenvalue weighted by Crippen LogP contribution is -2.11. The van der Waals surface area contributed by atoms with E-state index in [1.807, 2.05) is 4.57 Å². The van der Waals surface area contributed by atoms with Crippen molar-refractivity contribution in [3.8, 4) is 0 Å². The fraction of sp³-hybridized carbons (Fsp3) is 0.300. The van der Waals surface area contributed by atoms with E-state index in [1.165, 1.54) is 23.9 Å². The van der Waals surface area contributed by atoms with Gasteiger partial charge in [-0.3, -0.25) is 4.57 Å². The minimum Gasteiger partial charge on any atom is -0.327 e. The van der Waals surface area contributed by atoms with Crippen molar-refractivity contribution in [3.63, 3.8) is 0 Å². The lowest BCUT2D eigenvalue weighted by Gasteiger charge is -2.10. The molecule has 0 unspecified atom stereocenters. The first kappa shape index (κ1) is 21.7. The maximum atomic E-state index is 13.7. The zero-order valence-corrected chi connectivity index (χ0v) is 18.3. The second-order valence-electron chi connectivity index (χ2n) is 7.05. The summed E-state index contributed by atoms with van der Waals surface area (Å²) in [4.78, 5) is 8.92. The van der Waals surface area contributed by atoms with Crippen molar-refractivity contribution in [2.24, 2.45) is 5.14 Å². The Morgan fingerprint density at radius 1 is 1.10 bits per heavy atom. The Labute approximate surface area is 182 Å². The first-order valence-electron chi connectivity index (χ1n) is 9.69. The van der Waals surface area contributed by atoms with Gasteiger partial charge in [0.1, 0.15) is 5.82 Å². The maximum Gasteiger partial charge on any atom is 0.321 e. The minimum atomic E-state index is -3.85. The Morgan fingerprint density at radius 2 is 1.87 bits per heavy atom. The van der Waals surface area contributed by atoms with Crippen LogP contribution >= 0.6 is 11.8 Å². The number of rotatable bonds is 8. The number of primary sulfonamides is 1. The lowest BCUT2D eigenvalue weighted by atomic mass is 10.3. The van der Waals surface area contributed by atoms with E-state index in [4.69, 9.17) is 5.14 Å². The Balaban J connectivity index is 1.72. The van der Waals surface area contributed by atoms with Gasteiger partial charge in [-0.25, -0.2) is 23.5 Å². The summed E-state index contributed by atoms with van der Waals surface area (Å²) in [6.07, 6.45) is 1.86. The number of aromatic nitrogens is 4. The van der Waals surface area contributed by atoms with Crippen molar-refractivity contribution in [3.05, 3.63) is 48.3 Å². The normalized spacial score (nSPS) is 12.4. The Morgan fingerprint density at radius 3 is 2.58 bits per heavy atom. The van der Waals surface area contributed by atoms with Crippen LogP contribution in [0.1, 0.15) is 32.1 Å². The molecule has 0 aliphatic carbocycles. The monoisotopic (exact) mass is 465 g/mol. The van der Waals surface area contributed by atoms with Gasteiger partial charge in [-0.15, -0.1) is 0 Å². The van der Waals surface area contributed by atoms with Crippen LogP contribution in [0.3, 0.4) is 0 Å². The molecule has 2 heterocycles. The van der Waals surface area contributed by atoms with Crippen molar-refractivity contribution in [2.45, 2.75) is 48.7 Å². The molecular weight excluding hydrogens is 444 g/mol. The average Bonchev–Trinajstić information content (AvgIpc) is 3.27. The number of hydrogen-bond acceptors (Lipinski definition) is 5. The van der Waals surface area contributed by atoms with Crippen molar-refractivity contribution in [1.82, 2.24) is 19.1 Å². The van der Waals surface area contributed by atoms with E-state index in [1.54, 1.807) is 30.3 Å². The number of para-hydroxylation sites is 2. The number of nitrogens with zero attached hydrogens (tertiary/aromatic N) is 4. The lowest BCUT2D eigenvalue weighted by molar-refractivity contribution is 0.0656. The Hall–Kier alpha value is -2.50. The predicted molar refractivity (Wildman–Crippen MR) is 117 cm³/mol. The Bertz CT molecular complexity index is 1350. The molecule has 0 spiro atoms. The molecular formula is C20H21F2N5O2S2. The van der Waals surface area contributed by atoms with Gasteiger partial charge < -0.3 is 4.57 Å². The smallest absolute Gasteiger partial charge is 0.321 e. The number of alkyl halides is 2. The fourth-order valence-corrected chi connectivity index (χ4v) is 4.95. The van der Waals surface area contributed by atoms with Gasteiger partial charge in [-0.2, -0.15) is 8.78 Å². The summed E-state index contributed by atoms with van der Waals surface area (Å²) in [6.45, 7) is 0.0340. The van der Waals surface area contributed by atoms with E-state index in [0.29, 0.717) is 34.7 Å². The largest absolute Gasteiger partial charge is 0.327 e. The van der Waals surface area contributed by atoms with Crippen molar-refractivity contribution >= 4 is 43.9 Å². The second kappa shape index (κ2) is 8.56. The molecule has 0 saturated heterocycles. The molecule has 2 aromatic heterocycles. The molecule has 0 atom stereocenters. The topological polar surface area (TPSA) is 95.8 Å². The third kappa shape index (κ3) is 4.30. The predicted octanol–water partition coefficient (Wildman–Crippen LogP) is 4.52. The Kier molecular flexibility index (Phi) is 6.00. The summed E-state index contributed by atoms with van der Waals surface area (Å²) >= 11 is 1.17. The standard InChI is InChI=1S/C20H21F2N5O2S2/c1-2-3-10-26-16-9-8-13(31(23,28)29)11-15(16)24-18(26)12-30-20-25-14-6-4-5-7-17(14)27(20)19(21)22/h4-9,11,19H,2-3,10,12H2,1H3,(H2,23,28,29). The summed E-state index contributed by atoms with van der Waals surface area (Å²) < 4.78 is 53.7. The highest BCUT2D eigenvalue weighted by molar-refractivity contribution is 7.98. The van der Waals surface area contributed by atoms with E-state index in [0.717, 1.165) is 22.9 Å². The van der Waals surface area contributed by atoms with Crippen LogP contribution in [-0.2, 0) is 22.3 Å². The van der Waals surface area contributed by atoms with Gasteiger partial charge in [0.15, 0.2) is 5.16 Å². The van der Waals surface area contributed by atoms with Crippen LogP contribution in [0.2, 0.25) is 0 Å². The number of hydrogen-bond donors (Lipinski definition) is 1. The first-order chi connectivity index (χ1) is 14.8. The van der Waals surface area contributed by atoms with Gasteiger partial charge in [0, 0.05) is 6.54 Å². The molecule has 164 valence electrons. The maximum absolute atomic E-state index is 13.7. The number of benzene rings is 2. The van der Waals surface area contributed by atoms with Crippen LogP contribution in [-0.4, -0.2) is 27.5 Å². The van der Waals surface area contributed by atoms with E-state index in [2.05, 4.69) is 16.9 Å². The van der Waals surface area contributed by atoms with Crippen LogP contribution in [0, 0.1) is 0 Å². The van der Waals surface area contributed by atoms with Crippen LogP contribution in [0.4, 0.5) is 8.78 Å². The number of aryl methyl sites for hydroxylation is 1. The molecule has 0 saturated carbocycles. The molecule has 0 bridgehead atoms. The van der Waals surface area contributed by atoms with Crippen molar-refractivity contribution in [2.75, 3.05) is 0 Å². The van der Waals surface area contributed by atoms with Crippen LogP contribution in [0.5, 0.6) is 0 Å². The second-order valence-corrected chi connectivity index (χ2v) is 9.55. The van der Waals surface area contributed by atoms with Crippen LogP contribution < -0.4 is 5.14 Å². The number of fused-ring (bicyclic) bond motifs is 2.